The van der Waals surface area contributed by atoms with E-state index in [1.165, 1.54) is 11.3 Å². The molecule has 2 heterocycles. The van der Waals surface area contributed by atoms with E-state index >= 15 is 0 Å². The van der Waals surface area contributed by atoms with Crippen molar-refractivity contribution in [3.63, 3.8) is 0 Å². The highest BCUT2D eigenvalue weighted by Crippen LogP contribution is 2.29. The Balaban J connectivity index is 1.51. The van der Waals surface area contributed by atoms with Gasteiger partial charge in [0.1, 0.15) is 5.15 Å². The number of benzene rings is 2. The van der Waals surface area contributed by atoms with Crippen LogP contribution in [0.3, 0.4) is 0 Å². The lowest BCUT2D eigenvalue weighted by molar-refractivity contribution is 0.0959. The molecule has 0 spiro atoms. The number of carbonyl (C=O) groups is 1. The highest BCUT2D eigenvalue weighted by atomic mass is 35.5. The number of fused-ring (bicyclic) bond motifs is 1. The Morgan fingerprint density at radius 2 is 1.90 bits per heavy atom. The molecule has 158 valence electrons. The summed E-state index contributed by atoms with van der Waals surface area (Å²) in [5, 5.41) is 5.72. The third kappa shape index (κ3) is 4.71. The molecule has 2 aromatic heterocycles. The van der Waals surface area contributed by atoms with E-state index in [2.05, 4.69) is 10.5 Å². The molecule has 31 heavy (non-hydrogen) atoms. The summed E-state index contributed by atoms with van der Waals surface area (Å²) in [6.07, 6.45) is 1.60. The molecule has 0 saturated heterocycles. The number of para-hydroxylation sites is 1. The number of amides is 1. The summed E-state index contributed by atoms with van der Waals surface area (Å²) >= 11 is 8.07. The molecule has 5 nitrogen and oxygen atoms in total. The molecule has 0 aliphatic heterocycles. The molecule has 0 unspecified atom stereocenters. The molecule has 0 radical (unpaired) electrons. The number of hydrogen-bond acceptors (Lipinski definition) is 4. The fraction of sp³-hybridized carbons (Fsp3) is 0.167. The van der Waals surface area contributed by atoms with Gasteiger partial charge < -0.3 is 9.30 Å². The van der Waals surface area contributed by atoms with E-state index in [0.717, 1.165) is 26.9 Å². The molecular formula is C24H22ClN3O2S. The minimum Gasteiger partial charge on any atom is -0.380 e. The van der Waals surface area contributed by atoms with Crippen LogP contribution in [0.1, 0.15) is 22.2 Å². The normalized spacial score (nSPS) is 11.4. The first-order valence-electron chi connectivity index (χ1n) is 10.0. The number of nitrogens with zero attached hydrogens (tertiary/aromatic N) is 2. The maximum atomic E-state index is 12.5. The van der Waals surface area contributed by atoms with Crippen LogP contribution in [0.15, 0.2) is 71.8 Å². The number of hydrogen-bond donors (Lipinski definition) is 1. The number of carbonyl (C=O) groups excluding carboxylic acids is 1. The van der Waals surface area contributed by atoms with Crippen LogP contribution < -0.4 is 5.43 Å². The largest absolute Gasteiger partial charge is 0.380 e. The highest BCUT2D eigenvalue weighted by Gasteiger charge is 2.14. The van der Waals surface area contributed by atoms with E-state index in [0.29, 0.717) is 29.8 Å². The molecule has 0 fully saturated rings. The Kier molecular flexibility index (Phi) is 6.82. The molecule has 0 aliphatic rings. The highest BCUT2D eigenvalue weighted by molar-refractivity contribution is 7.17. The fourth-order valence-electron chi connectivity index (χ4n) is 3.37. The molecule has 2 aromatic carbocycles. The van der Waals surface area contributed by atoms with E-state index in [4.69, 9.17) is 16.3 Å². The fourth-order valence-corrected chi connectivity index (χ4v) is 4.60. The summed E-state index contributed by atoms with van der Waals surface area (Å²) in [6.45, 7) is 3.84. The molecule has 4 aromatic rings. The van der Waals surface area contributed by atoms with Crippen LogP contribution in [-0.2, 0) is 11.3 Å². The van der Waals surface area contributed by atoms with Gasteiger partial charge in [0.15, 0.2) is 0 Å². The first-order valence-corrected chi connectivity index (χ1v) is 11.2. The Hall–Kier alpha value is -2.93. The average Bonchev–Trinajstić information content (AvgIpc) is 3.39. The van der Waals surface area contributed by atoms with Crippen molar-refractivity contribution in [3.05, 3.63) is 82.3 Å². The van der Waals surface area contributed by atoms with Crippen molar-refractivity contribution < 1.29 is 9.53 Å². The predicted octanol–water partition coefficient (Wildman–Crippen LogP) is 5.82. The van der Waals surface area contributed by atoms with E-state index in [9.17, 15) is 4.79 Å². The van der Waals surface area contributed by atoms with Crippen LogP contribution in [0.5, 0.6) is 0 Å². The van der Waals surface area contributed by atoms with Gasteiger partial charge in [-0.1, -0.05) is 60.1 Å². The van der Waals surface area contributed by atoms with Gasteiger partial charge in [-0.25, -0.2) is 5.43 Å². The summed E-state index contributed by atoms with van der Waals surface area (Å²) in [5.74, 6) is -0.250. The Morgan fingerprint density at radius 1 is 1.13 bits per heavy atom. The first kappa shape index (κ1) is 21.3. The molecule has 0 atom stereocenters. The van der Waals surface area contributed by atoms with Crippen molar-refractivity contribution in [1.82, 2.24) is 9.99 Å². The van der Waals surface area contributed by atoms with Gasteiger partial charge in [-0.15, -0.1) is 11.3 Å². The molecule has 7 heteroatoms. The Morgan fingerprint density at radius 3 is 2.71 bits per heavy atom. The van der Waals surface area contributed by atoms with Crippen molar-refractivity contribution >= 4 is 46.0 Å². The van der Waals surface area contributed by atoms with E-state index in [1.807, 2.05) is 78.2 Å². The van der Waals surface area contributed by atoms with Crippen molar-refractivity contribution in [3.8, 4) is 10.4 Å². The topological polar surface area (TPSA) is 55.6 Å². The van der Waals surface area contributed by atoms with Crippen LogP contribution in [0, 0.1) is 0 Å². The van der Waals surface area contributed by atoms with E-state index < -0.39 is 0 Å². The first-order chi connectivity index (χ1) is 15.2. The minimum atomic E-state index is -0.250. The number of aromatic nitrogens is 1. The maximum absolute atomic E-state index is 12.5. The summed E-state index contributed by atoms with van der Waals surface area (Å²) in [7, 11) is 0. The standard InChI is InChI=1S/C24H22ClN3O2S/c1-2-30-15-14-28-20-11-7-6-10-18(20)19(23(28)25)16-26-27-24(29)22-13-12-21(31-22)17-8-4-3-5-9-17/h3-13,16H,2,14-15H2,1H3,(H,27,29)/b26-16+. The third-order valence-electron chi connectivity index (χ3n) is 4.86. The van der Waals surface area contributed by atoms with Crippen molar-refractivity contribution in [1.29, 1.82) is 0 Å². The van der Waals surface area contributed by atoms with Crippen LogP contribution in [-0.4, -0.2) is 29.9 Å². The van der Waals surface area contributed by atoms with E-state index in [-0.39, 0.29) is 5.91 Å². The van der Waals surface area contributed by atoms with Gasteiger partial charge in [0.05, 0.1) is 17.7 Å². The van der Waals surface area contributed by atoms with Gasteiger partial charge in [-0.05, 0) is 30.7 Å². The molecule has 0 saturated carbocycles. The van der Waals surface area contributed by atoms with Crippen molar-refractivity contribution in [2.75, 3.05) is 13.2 Å². The lowest BCUT2D eigenvalue weighted by atomic mass is 10.2. The van der Waals surface area contributed by atoms with Crippen LogP contribution >= 0.6 is 22.9 Å². The lowest BCUT2D eigenvalue weighted by Gasteiger charge is -2.06. The number of rotatable bonds is 8. The Labute approximate surface area is 189 Å². The second kappa shape index (κ2) is 9.92. The predicted molar refractivity (Wildman–Crippen MR) is 128 cm³/mol. The minimum absolute atomic E-state index is 0.250. The molecular weight excluding hydrogens is 430 g/mol. The van der Waals surface area contributed by atoms with Crippen LogP contribution in [0.2, 0.25) is 5.15 Å². The van der Waals surface area contributed by atoms with Crippen LogP contribution in [0.25, 0.3) is 21.3 Å². The Bertz CT molecular complexity index is 1210. The van der Waals surface area contributed by atoms with Gasteiger partial charge in [0.2, 0.25) is 0 Å². The molecule has 1 amide bonds. The summed E-state index contributed by atoms with van der Waals surface area (Å²) in [6, 6.07) is 21.7. The SMILES string of the molecule is CCOCCn1c(Cl)c(/C=N/NC(=O)c2ccc(-c3ccccc3)s2)c2ccccc21. The number of ether oxygens (including phenoxy) is 1. The number of halogens is 1. The second-order valence-electron chi connectivity index (χ2n) is 6.80. The number of thiophene rings is 1. The monoisotopic (exact) mass is 451 g/mol. The van der Waals surface area contributed by atoms with Gasteiger partial charge >= 0.3 is 0 Å². The summed E-state index contributed by atoms with van der Waals surface area (Å²) in [5.41, 5.74) is 5.47. The summed E-state index contributed by atoms with van der Waals surface area (Å²) in [4.78, 5) is 14.2. The van der Waals surface area contributed by atoms with Gasteiger partial charge in [0.25, 0.3) is 5.91 Å². The zero-order chi connectivity index (χ0) is 21.6. The smallest absolute Gasteiger partial charge is 0.281 e. The van der Waals surface area contributed by atoms with E-state index in [1.54, 1.807) is 6.21 Å². The molecule has 1 N–H and O–H groups in total. The molecule has 0 bridgehead atoms. The maximum Gasteiger partial charge on any atom is 0.281 e. The second-order valence-corrected chi connectivity index (χ2v) is 8.24. The van der Waals surface area contributed by atoms with Gasteiger partial charge in [0, 0.05) is 34.5 Å². The van der Waals surface area contributed by atoms with Crippen molar-refractivity contribution in [2.45, 2.75) is 13.5 Å². The molecule has 4 rings (SSSR count). The van der Waals surface area contributed by atoms with Crippen LogP contribution in [0.4, 0.5) is 0 Å². The number of nitrogens with one attached hydrogen (secondary N) is 1. The van der Waals surface area contributed by atoms with Gasteiger partial charge in [-0.2, -0.15) is 5.10 Å². The lowest BCUT2D eigenvalue weighted by Crippen LogP contribution is -2.16. The zero-order valence-corrected chi connectivity index (χ0v) is 18.6. The molecule has 0 aliphatic carbocycles. The average molecular weight is 452 g/mol. The summed E-state index contributed by atoms with van der Waals surface area (Å²) < 4.78 is 7.48. The number of hydrazone groups is 1. The third-order valence-corrected chi connectivity index (χ3v) is 6.40. The zero-order valence-electron chi connectivity index (χ0n) is 17.0. The van der Waals surface area contributed by atoms with Gasteiger partial charge in [-0.3, -0.25) is 4.79 Å². The van der Waals surface area contributed by atoms with Crippen molar-refractivity contribution in [2.24, 2.45) is 5.10 Å². The quantitative estimate of drug-likeness (QED) is 0.208.